The van der Waals surface area contributed by atoms with Crippen LogP contribution in [0.4, 0.5) is 4.39 Å². The Balaban J connectivity index is 2.01. The maximum Gasteiger partial charge on any atom is 0.166 e. The van der Waals surface area contributed by atoms with E-state index in [1.807, 2.05) is 12.1 Å². The van der Waals surface area contributed by atoms with Gasteiger partial charge in [-0.1, -0.05) is 0 Å². The quantitative estimate of drug-likeness (QED) is 0.757. The van der Waals surface area contributed by atoms with E-state index in [0.717, 1.165) is 11.8 Å². The largest absolute Gasteiger partial charge is 0.294 e. The molecule has 0 radical (unpaired) electrons. The molecule has 0 saturated heterocycles. The summed E-state index contributed by atoms with van der Waals surface area (Å²) in [5.41, 5.74) is 1.12. The fraction of sp³-hybridized carbons (Fsp3) is 0.154. The summed E-state index contributed by atoms with van der Waals surface area (Å²) in [6.45, 7) is 0. The fourth-order valence-electron chi connectivity index (χ4n) is 1.54. The van der Waals surface area contributed by atoms with E-state index in [2.05, 4.69) is 9.97 Å². The van der Waals surface area contributed by atoms with Crippen LogP contribution in [-0.4, -0.2) is 15.8 Å². The molecule has 0 aliphatic carbocycles. The van der Waals surface area contributed by atoms with E-state index in [9.17, 15) is 9.18 Å². The zero-order valence-corrected chi connectivity index (χ0v) is 9.14. The predicted molar refractivity (Wildman–Crippen MR) is 61.1 cm³/mol. The highest BCUT2D eigenvalue weighted by Crippen LogP contribution is 2.10. The number of nitrogens with zero attached hydrogens (tertiary/aromatic N) is 2. The molecule has 3 nitrogen and oxygen atoms in total. The van der Waals surface area contributed by atoms with E-state index in [-0.39, 0.29) is 17.8 Å². The molecule has 2 aromatic heterocycles. The van der Waals surface area contributed by atoms with E-state index in [0.29, 0.717) is 6.42 Å². The highest BCUT2D eigenvalue weighted by molar-refractivity contribution is 5.96. The van der Waals surface area contributed by atoms with Crippen molar-refractivity contribution in [1.29, 1.82) is 0 Å². The molecule has 4 heteroatoms. The van der Waals surface area contributed by atoms with Gasteiger partial charge in [-0.3, -0.25) is 14.8 Å². The lowest BCUT2D eigenvalue weighted by molar-refractivity contribution is 0.0978. The van der Waals surface area contributed by atoms with Gasteiger partial charge in [0.15, 0.2) is 11.6 Å². The maximum atomic E-state index is 13.3. The molecule has 2 rings (SSSR count). The molecule has 0 aliphatic rings. The SMILES string of the molecule is O=C(CCc1ccncc1)c1ccncc1F. The molecule has 0 aliphatic heterocycles. The lowest BCUT2D eigenvalue weighted by Crippen LogP contribution is -2.04. The molecule has 86 valence electrons. The second-order valence-corrected chi connectivity index (χ2v) is 3.63. The minimum absolute atomic E-state index is 0.106. The average molecular weight is 230 g/mol. The first-order chi connectivity index (χ1) is 8.27. The van der Waals surface area contributed by atoms with Crippen LogP contribution in [0.15, 0.2) is 43.0 Å². The normalized spacial score (nSPS) is 10.2. The van der Waals surface area contributed by atoms with Crippen LogP contribution >= 0.6 is 0 Å². The van der Waals surface area contributed by atoms with Crippen LogP contribution in [0.1, 0.15) is 22.3 Å². The van der Waals surface area contributed by atoms with Crippen molar-refractivity contribution in [3.63, 3.8) is 0 Å². The van der Waals surface area contributed by atoms with Crippen molar-refractivity contribution in [3.05, 3.63) is 59.9 Å². The van der Waals surface area contributed by atoms with Gasteiger partial charge in [-0.15, -0.1) is 0 Å². The first-order valence-electron chi connectivity index (χ1n) is 5.29. The van der Waals surface area contributed by atoms with Crippen LogP contribution in [0.2, 0.25) is 0 Å². The van der Waals surface area contributed by atoms with Gasteiger partial charge in [-0.2, -0.15) is 0 Å². The number of aromatic nitrogens is 2. The Kier molecular flexibility index (Phi) is 3.55. The molecule has 0 saturated carbocycles. The number of carbonyl (C=O) groups is 1. The summed E-state index contributed by atoms with van der Waals surface area (Å²) >= 11 is 0. The summed E-state index contributed by atoms with van der Waals surface area (Å²) in [5, 5.41) is 0. The molecule has 0 amide bonds. The number of halogens is 1. The van der Waals surface area contributed by atoms with Gasteiger partial charge < -0.3 is 0 Å². The monoisotopic (exact) mass is 230 g/mol. The molecule has 0 N–H and O–H groups in total. The Morgan fingerprint density at radius 3 is 2.53 bits per heavy atom. The van der Waals surface area contributed by atoms with Gasteiger partial charge in [0.25, 0.3) is 0 Å². The van der Waals surface area contributed by atoms with Crippen molar-refractivity contribution in [2.24, 2.45) is 0 Å². The standard InChI is InChI=1S/C13H11FN2O/c14-12-9-16-8-5-11(12)13(17)2-1-10-3-6-15-7-4-10/h3-9H,1-2H2. The van der Waals surface area contributed by atoms with Crippen LogP contribution in [0.3, 0.4) is 0 Å². The molecular formula is C13H11FN2O. The zero-order chi connectivity index (χ0) is 12.1. The number of pyridine rings is 2. The lowest BCUT2D eigenvalue weighted by Gasteiger charge is -2.02. The molecule has 0 atom stereocenters. The molecule has 0 fully saturated rings. The van der Waals surface area contributed by atoms with Gasteiger partial charge >= 0.3 is 0 Å². The highest BCUT2D eigenvalue weighted by Gasteiger charge is 2.10. The van der Waals surface area contributed by atoms with Gasteiger partial charge in [0.05, 0.1) is 11.8 Å². The predicted octanol–water partition coefficient (Wildman–Crippen LogP) is 2.43. The molecule has 2 heterocycles. The Labute approximate surface area is 98.3 Å². The smallest absolute Gasteiger partial charge is 0.166 e. The summed E-state index contributed by atoms with van der Waals surface area (Å²) < 4.78 is 13.3. The summed E-state index contributed by atoms with van der Waals surface area (Å²) in [5.74, 6) is -0.769. The molecule has 0 aromatic carbocycles. The van der Waals surface area contributed by atoms with Crippen LogP contribution in [0.5, 0.6) is 0 Å². The molecule has 17 heavy (non-hydrogen) atoms. The lowest BCUT2D eigenvalue weighted by atomic mass is 10.0. The van der Waals surface area contributed by atoms with Crippen molar-refractivity contribution in [2.75, 3.05) is 0 Å². The summed E-state index contributed by atoms with van der Waals surface area (Å²) in [7, 11) is 0. The summed E-state index contributed by atoms with van der Waals surface area (Å²) in [4.78, 5) is 19.3. The van der Waals surface area contributed by atoms with E-state index >= 15 is 0 Å². The molecule has 0 unspecified atom stereocenters. The van der Waals surface area contributed by atoms with E-state index in [1.54, 1.807) is 12.4 Å². The average Bonchev–Trinajstić information content (AvgIpc) is 2.38. The number of carbonyl (C=O) groups excluding carboxylic acids is 1. The van der Waals surface area contributed by atoms with Gasteiger partial charge in [0, 0.05) is 25.0 Å². The van der Waals surface area contributed by atoms with E-state index < -0.39 is 5.82 Å². The second kappa shape index (κ2) is 5.30. The van der Waals surface area contributed by atoms with Crippen LogP contribution in [-0.2, 0) is 6.42 Å². The molecule has 0 spiro atoms. The number of hydrogen-bond donors (Lipinski definition) is 0. The van der Waals surface area contributed by atoms with Crippen molar-refractivity contribution >= 4 is 5.78 Å². The zero-order valence-electron chi connectivity index (χ0n) is 9.14. The van der Waals surface area contributed by atoms with Gasteiger partial charge in [0.2, 0.25) is 0 Å². The Morgan fingerprint density at radius 2 is 1.82 bits per heavy atom. The van der Waals surface area contributed by atoms with Crippen molar-refractivity contribution in [1.82, 2.24) is 9.97 Å². The van der Waals surface area contributed by atoms with Gasteiger partial charge in [-0.25, -0.2) is 4.39 Å². The van der Waals surface area contributed by atoms with Crippen LogP contribution < -0.4 is 0 Å². The topological polar surface area (TPSA) is 42.9 Å². The number of hydrogen-bond acceptors (Lipinski definition) is 3. The number of aryl methyl sites for hydroxylation is 1. The Bertz CT molecular complexity index is 514. The summed E-state index contributed by atoms with van der Waals surface area (Å²) in [6, 6.07) is 5.09. The highest BCUT2D eigenvalue weighted by atomic mass is 19.1. The third-order valence-electron chi connectivity index (χ3n) is 2.46. The molecule has 2 aromatic rings. The fourth-order valence-corrected chi connectivity index (χ4v) is 1.54. The van der Waals surface area contributed by atoms with Crippen molar-refractivity contribution < 1.29 is 9.18 Å². The summed E-state index contributed by atoms with van der Waals surface area (Å²) in [6.07, 6.45) is 6.69. The molecule has 0 bridgehead atoms. The maximum absolute atomic E-state index is 13.3. The van der Waals surface area contributed by atoms with Crippen LogP contribution in [0.25, 0.3) is 0 Å². The third kappa shape index (κ3) is 2.93. The number of ketones is 1. The second-order valence-electron chi connectivity index (χ2n) is 3.63. The van der Waals surface area contributed by atoms with Crippen molar-refractivity contribution in [2.45, 2.75) is 12.8 Å². The number of Topliss-reactive ketones (excluding diaryl/α,β-unsaturated/α-hetero) is 1. The van der Waals surface area contributed by atoms with Gasteiger partial charge in [-0.05, 0) is 30.2 Å². The Hall–Kier alpha value is -2.10. The van der Waals surface area contributed by atoms with Crippen molar-refractivity contribution in [3.8, 4) is 0 Å². The van der Waals surface area contributed by atoms with E-state index in [1.165, 1.54) is 12.3 Å². The van der Waals surface area contributed by atoms with Crippen LogP contribution in [0, 0.1) is 5.82 Å². The third-order valence-corrected chi connectivity index (χ3v) is 2.46. The van der Waals surface area contributed by atoms with E-state index in [4.69, 9.17) is 0 Å². The first kappa shape index (κ1) is 11.4. The number of rotatable bonds is 4. The minimum Gasteiger partial charge on any atom is -0.294 e. The Morgan fingerprint density at radius 1 is 1.12 bits per heavy atom. The first-order valence-corrected chi connectivity index (χ1v) is 5.29. The molecular weight excluding hydrogens is 219 g/mol. The minimum atomic E-state index is -0.563. The van der Waals surface area contributed by atoms with Gasteiger partial charge in [0.1, 0.15) is 0 Å².